The lowest BCUT2D eigenvalue weighted by Gasteiger charge is -2.61. The second-order valence-corrected chi connectivity index (χ2v) is 19.3. The maximum Gasteiger partial charge on any atom is 0.0473 e. The normalized spacial score (nSPS) is 26.0. The van der Waals surface area contributed by atoms with Crippen LogP contribution in [0.2, 0.25) is 0 Å². The summed E-state index contributed by atoms with van der Waals surface area (Å²) in [4.78, 5) is 2.61. The molecular weight excluding hydrogens is 663 g/mol. The molecule has 6 aliphatic rings. The van der Waals surface area contributed by atoms with Gasteiger partial charge in [0.25, 0.3) is 0 Å². The van der Waals surface area contributed by atoms with Crippen LogP contribution in [-0.4, -0.2) is 0 Å². The van der Waals surface area contributed by atoms with Crippen molar-refractivity contribution in [1.82, 2.24) is 0 Å². The van der Waals surface area contributed by atoms with Gasteiger partial charge < -0.3 is 4.90 Å². The van der Waals surface area contributed by atoms with Crippen molar-refractivity contribution in [2.45, 2.75) is 88.9 Å². The minimum atomic E-state index is 0.109. The summed E-state index contributed by atoms with van der Waals surface area (Å²) in [5.41, 5.74) is 18.3. The van der Waals surface area contributed by atoms with Crippen molar-refractivity contribution in [2.24, 2.45) is 23.7 Å². The van der Waals surface area contributed by atoms with Crippen LogP contribution >= 0.6 is 0 Å². The molecule has 4 saturated carbocycles. The Morgan fingerprint density at radius 3 is 1.53 bits per heavy atom. The summed E-state index contributed by atoms with van der Waals surface area (Å²) in [6.45, 7) is 9.80. The number of fused-ring (bicyclic) bond motifs is 4. The minimum absolute atomic E-state index is 0.109. The Balaban J connectivity index is 1.16. The molecule has 0 N–H and O–H groups in total. The number of anilines is 3. The molecule has 1 nitrogen and oxygen atoms in total. The third kappa shape index (κ3) is 5.04. The Hall–Kier alpha value is -4.88. The molecule has 0 saturated heterocycles. The Labute approximate surface area is 328 Å². The summed E-state index contributed by atoms with van der Waals surface area (Å²) < 4.78 is 0. The van der Waals surface area contributed by atoms with Crippen molar-refractivity contribution < 1.29 is 0 Å². The molecule has 12 rings (SSSR count). The van der Waals surface area contributed by atoms with Crippen LogP contribution in [0.1, 0.15) is 94.9 Å². The maximum atomic E-state index is 2.67. The number of hydrogen-bond donors (Lipinski definition) is 0. The summed E-state index contributed by atoms with van der Waals surface area (Å²) in [5.74, 6) is 3.30. The summed E-state index contributed by atoms with van der Waals surface area (Å²) in [5, 5.41) is 0. The fourth-order valence-electron chi connectivity index (χ4n) is 12.8. The fourth-order valence-corrected chi connectivity index (χ4v) is 12.8. The van der Waals surface area contributed by atoms with E-state index in [9.17, 15) is 0 Å². The van der Waals surface area contributed by atoms with Gasteiger partial charge in [0.1, 0.15) is 0 Å². The second-order valence-electron chi connectivity index (χ2n) is 19.3. The van der Waals surface area contributed by atoms with Gasteiger partial charge >= 0.3 is 0 Å². The highest BCUT2D eigenvalue weighted by molar-refractivity contribution is 5.89. The van der Waals surface area contributed by atoms with E-state index in [1.807, 2.05) is 0 Å². The number of rotatable bonds is 5. The molecule has 0 aromatic heterocycles. The molecule has 1 spiro atoms. The quantitative estimate of drug-likeness (QED) is 0.172. The van der Waals surface area contributed by atoms with Crippen LogP contribution in [0, 0.1) is 23.7 Å². The molecule has 6 aliphatic carbocycles. The van der Waals surface area contributed by atoms with Gasteiger partial charge in [0.05, 0.1) is 0 Å². The Morgan fingerprint density at radius 1 is 0.400 bits per heavy atom. The summed E-state index contributed by atoms with van der Waals surface area (Å²) in [6, 6.07) is 53.8. The molecule has 1 heteroatoms. The Morgan fingerprint density at radius 2 is 0.909 bits per heavy atom. The van der Waals surface area contributed by atoms with Crippen LogP contribution in [0.25, 0.3) is 33.4 Å². The maximum absolute atomic E-state index is 2.67. The first kappa shape index (κ1) is 33.5. The molecule has 0 atom stereocenters. The van der Waals surface area contributed by atoms with Crippen molar-refractivity contribution in [1.29, 1.82) is 0 Å². The van der Waals surface area contributed by atoms with Crippen molar-refractivity contribution in [2.75, 3.05) is 4.90 Å². The largest absolute Gasteiger partial charge is 0.310 e. The van der Waals surface area contributed by atoms with Gasteiger partial charge in [0.2, 0.25) is 0 Å². The molecule has 0 amide bonds. The van der Waals surface area contributed by atoms with Crippen molar-refractivity contribution in [3.05, 3.63) is 162 Å². The lowest BCUT2D eigenvalue weighted by atomic mass is 9.43. The summed E-state index contributed by atoms with van der Waals surface area (Å²) >= 11 is 0. The van der Waals surface area contributed by atoms with Crippen LogP contribution < -0.4 is 4.90 Å². The summed E-state index contributed by atoms with van der Waals surface area (Å²) in [7, 11) is 0. The monoisotopic (exact) mass is 715 g/mol. The van der Waals surface area contributed by atoms with E-state index in [1.165, 1.54) is 107 Å². The van der Waals surface area contributed by atoms with Gasteiger partial charge in [-0.1, -0.05) is 125 Å². The van der Waals surface area contributed by atoms with E-state index < -0.39 is 0 Å². The minimum Gasteiger partial charge on any atom is -0.310 e. The first-order valence-corrected chi connectivity index (χ1v) is 21.1. The second kappa shape index (κ2) is 12.1. The van der Waals surface area contributed by atoms with Crippen LogP contribution in [0.4, 0.5) is 17.1 Å². The standard InChI is InChI=1S/C54H53N/c1-52(2)23-24-53(3,4)51-34-44(20-22-49(51)52)55(45-31-39(37-13-7-5-8-14-37)30-40(32-45)38-15-9-6-10-16-38)43-19-21-47-46-17-11-12-18-48(46)54(50(47)33-43)41-26-35-25-36(28-41)29-42(54)27-35/h5-22,30-36,41-42H,23-29H2,1-4H3. The van der Waals surface area contributed by atoms with Crippen LogP contribution in [0.5, 0.6) is 0 Å². The zero-order valence-corrected chi connectivity index (χ0v) is 33.0. The number of hydrogen-bond acceptors (Lipinski definition) is 1. The highest BCUT2D eigenvalue weighted by Crippen LogP contribution is 2.69. The van der Waals surface area contributed by atoms with E-state index in [0.29, 0.717) is 0 Å². The zero-order chi connectivity index (χ0) is 37.1. The molecule has 274 valence electrons. The topological polar surface area (TPSA) is 3.24 Å². The van der Waals surface area contributed by atoms with E-state index in [4.69, 9.17) is 0 Å². The lowest BCUT2D eigenvalue weighted by molar-refractivity contribution is -0.0399. The van der Waals surface area contributed by atoms with E-state index >= 15 is 0 Å². The van der Waals surface area contributed by atoms with Gasteiger partial charge in [-0.05, 0) is 178 Å². The smallest absolute Gasteiger partial charge is 0.0473 e. The average molecular weight is 716 g/mol. The molecule has 55 heavy (non-hydrogen) atoms. The van der Waals surface area contributed by atoms with Gasteiger partial charge in [-0.2, -0.15) is 0 Å². The Bertz CT molecular complexity index is 2360. The molecule has 4 bridgehead atoms. The van der Waals surface area contributed by atoms with E-state index in [1.54, 1.807) is 11.1 Å². The van der Waals surface area contributed by atoms with Gasteiger partial charge in [0, 0.05) is 22.5 Å². The number of benzene rings is 6. The van der Waals surface area contributed by atoms with E-state index in [-0.39, 0.29) is 16.2 Å². The summed E-state index contributed by atoms with van der Waals surface area (Å²) in [6.07, 6.45) is 9.45. The fraction of sp³-hybridized carbons (Fsp3) is 0.333. The molecule has 6 aromatic carbocycles. The molecule has 0 aliphatic heterocycles. The van der Waals surface area contributed by atoms with Gasteiger partial charge in [-0.15, -0.1) is 0 Å². The SMILES string of the molecule is CC1(C)CCC(C)(C)c2cc(N(c3cc(-c4ccccc4)cc(-c4ccccc4)c3)c3ccc4c(c3)C3(c5ccccc5-4)C4CC5CC(C4)CC3C5)ccc21. The van der Waals surface area contributed by atoms with E-state index in [2.05, 4.69) is 172 Å². The van der Waals surface area contributed by atoms with Crippen molar-refractivity contribution >= 4 is 17.1 Å². The molecule has 0 heterocycles. The molecule has 0 radical (unpaired) electrons. The van der Waals surface area contributed by atoms with Crippen LogP contribution in [0.3, 0.4) is 0 Å². The molecular formula is C54H53N. The molecule has 4 fully saturated rings. The van der Waals surface area contributed by atoms with Gasteiger partial charge in [-0.25, -0.2) is 0 Å². The Kier molecular flexibility index (Phi) is 7.34. The van der Waals surface area contributed by atoms with Crippen molar-refractivity contribution in [3.8, 4) is 33.4 Å². The first-order valence-electron chi connectivity index (χ1n) is 21.1. The van der Waals surface area contributed by atoms with Crippen LogP contribution in [-0.2, 0) is 16.2 Å². The third-order valence-corrected chi connectivity index (χ3v) is 15.3. The highest BCUT2D eigenvalue weighted by atomic mass is 15.1. The highest BCUT2D eigenvalue weighted by Gasteiger charge is 2.61. The molecule has 6 aromatic rings. The lowest BCUT2D eigenvalue weighted by Crippen LogP contribution is -2.55. The van der Waals surface area contributed by atoms with Gasteiger partial charge in [-0.3, -0.25) is 0 Å². The predicted molar refractivity (Wildman–Crippen MR) is 231 cm³/mol. The van der Waals surface area contributed by atoms with Crippen molar-refractivity contribution in [3.63, 3.8) is 0 Å². The number of nitrogens with zero attached hydrogens (tertiary/aromatic N) is 1. The average Bonchev–Trinajstić information content (AvgIpc) is 3.49. The zero-order valence-electron chi connectivity index (χ0n) is 33.0. The molecule has 0 unspecified atom stereocenters. The predicted octanol–water partition coefficient (Wildman–Crippen LogP) is 14.6. The first-order chi connectivity index (χ1) is 26.7. The third-order valence-electron chi connectivity index (χ3n) is 15.3. The van der Waals surface area contributed by atoms with E-state index in [0.717, 1.165) is 23.7 Å². The van der Waals surface area contributed by atoms with Gasteiger partial charge in [0.15, 0.2) is 0 Å². The van der Waals surface area contributed by atoms with Crippen LogP contribution in [0.15, 0.2) is 140 Å².